The molecule has 0 atom stereocenters. The van der Waals surface area contributed by atoms with Crippen molar-refractivity contribution in [3.05, 3.63) is 34.1 Å². The molecule has 1 N–H and O–H groups in total. The molecule has 2 heterocycles. The number of rotatable bonds is 7. The molecule has 0 radical (unpaired) electrons. The van der Waals surface area contributed by atoms with Crippen molar-refractivity contribution in [1.29, 1.82) is 0 Å². The van der Waals surface area contributed by atoms with Gasteiger partial charge in [0, 0.05) is 25.7 Å². The summed E-state index contributed by atoms with van der Waals surface area (Å²) in [4.78, 5) is 4.45. The van der Waals surface area contributed by atoms with Crippen molar-refractivity contribution >= 4 is 15.9 Å². The zero-order valence-electron chi connectivity index (χ0n) is 12.4. The highest BCUT2D eigenvalue weighted by Gasteiger charge is 2.12. The Morgan fingerprint density at radius 2 is 2.15 bits per heavy atom. The molecule has 2 aromatic heterocycles. The Morgan fingerprint density at radius 1 is 1.35 bits per heavy atom. The van der Waals surface area contributed by atoms with Gasteiger partial charge in [-0.2, -0.15) is 5.10 Å². The molecule has 0 aliphatic carbocycles. The molecular formula is C14H22BrN5. The third-order valence-corrected chi connectivity index (χ3v) is 4.31. The quantitative estimate of drug-likeness (QED) is 0.788. The van der Waals surface area contributed by atoms with Crippen molar-refractivity contribution in [2.24, 2.45) is 0 Å². The van der Waals surface area contributed by atoms with E-state index in [9.17, 15) is 0 Å². The lowest BCUT2D eigenvalue weighted by atomic mass is 10.3. The Bertz CT molecular complexity index is 558. The van der Waals surface area contributed by atoms with Gasteiger partial charge in [0.05, 0.1) is 34.4 Å². The van der Waals surface area contributed by atoms with Crippen molar-refractivity contribution < 1.29 is 0 Å². The standard InChI is InChI=1S/C14H22BrN5/c1-4-16-7-6-12-8-19(10-17-12)9-13-14(15)11(3)18-20(13)5-2/h8,10,16H,4-7,9H2,1-3H3. The predicted molar refractivity (Wildman–Crippen MR) is 83.9 cm³/mol. The fourth-order valence-corrected chi connectivity index (χ4v) is 2.62. The minimum atomic E-state index is 0.795. The van der Waals surface area contributed by atoms with Gasteiger partial charge in [-0.3, -0.25) is 4.68 Å². The van der Waals surface area contributed by atoms with Crippen LogP contribution >= 0.6 is 15.9 Å². The van der Waals surface area contributed by atoms with Gasteiger partial charge >= 0.3 is 0 Å². The number of aryl methyl sites for hydroxylation is 2. The first-order valence-electron chi connectivity index (χ1n) is 7.08. The number of likely N-dealkylation sites (N-methyl/N-ethyl adjacent to an activating group) is 1. The molecule has 0 saturated heterocycles. The average Bonchev–Trinajstić information content (AvgIpc) is 2.99. The van der Waals surface area contributed by atoms with E-state index in [1.165, 1.54) is 5.69 Å². The maximum atomic E-state index is 4.52. The van der Waals surface area contributed by atoms with Crippen LogP contribution in [0, 0.1) is 6.92 Å². The Hall–Kier alpha value is -1.14. The number of nitrogens with one attached hydrogen (secondary N) is 1. The van der Waals surface area contributed by atoms with Crippen molar-refractivity contribution in [1.82, 2.24) is 24.6 Å². The number of nitrogens with zero attached hydrogens (tertiary/aromatic N) is 4. The van der Waals surface area contributed by atoms with Gasteiger partial charge in [-0.05, 0) is 36.3 Å². The first-order valence-corrected chi connectivity index (χ1v) is 7.88. The van der Waals surface area contributed by atoms with Gasteiger partial charge in [-0.25, -0.2) is 4.98 Å². The van der Waals surface area contributed by atoms with Crippen LogP contribution in [0.1, 0.15) is 30.9 Å². The molecule has 2 rings (SSSR count). The zero-order chi connectivity index (χ0) is 14.5. The van der Waals surface area contributed by atoms with E-state index in [0.29, 0.717) is 0 Å². The van der Waals surface area contributed by atoms with E-state index in [2.05, 4.69) is 55.9 Å². The molecule has 0 fully saturated rings. The zero-order valence-corrected chi connectivity index (χ0v) is 13.9. The highest BCUT2D eigenvalue weighted by Crippen LogP contribution is 2.22. The van der Waals surface area contributed by atoms with E-state index in [4.69, 9.17) is 0 Å². The first kappa shape index (κ1) is 15.3. The molecule has 0 amide bonds. The van der Waals surface area contributed by atoms with E-state index in [-0.39, 0.29) is 0 Å². The SMILES string of the molecule is CCNCCc1cn(Cc2c(Br)c(C)nn2CC)cn1. The summed E-state index contributed by atoms with van der Waals surface area (Å²) in [6, 6.07) is 0. The second kappa shape index (κ2) is 7.04. The van der Waals surface area contributed by atoms with E-state index >= 15 is 0 Å². The largest absolute Gasteiger partial charge is 0.331 e. The summed E-state index contributed by atoms with van der Waals surface area (Å²) in [6.45, 7) is 9.90. The number of imidazole rings is 1. The number of aromatic nitrogens is 4. The van der Waals surface area contributed by atoms with Gasteiger partial charge in [0.2, 0.25) is 0 Å². The molecule has 0 spiro atoms. The van der Waals surface area contributed by atoms with Gasteiger partial charge in [0.1, 0.15) is 0 Å². The molecule has 6 heteroatoms. The molecule has 2 aromatic rings. The average molecular weight is 340 g/mol. The van der Waals surface area contributed by atoms with Crippen LogP contribution in [0.15, 0.2) is 17.0 Å². The molecule has 0 unspecified atom stereocenters. The van der Waals surface area contributed by atoms with Crippen LogP contribution in [0.3, 0.4) is 0 Å². The molecule has 5 nitrogen and oxygen atoms in total. The lowest BCUT2D eigenvalue weighted by Gasteiger charge is -2.06. The van der Waals surface area contributed by atoms with E-state index in [1.807, 2.05) is 17.9 Å². The van der Waals surface area contributed by atoms with Crippen LogP contribution in [0.2, 0.25) is 0 Å². The van der Waals surface area contributed by atoms with Gasteiger partial charge in [-0.15, -0.1) is 0 Å². The van der Waals surface area contributed by atoms with Crippen molar-refractivity contribution in [3.63, 3.8) is 0 Å². The summed E-state index contributed by atoms with van der Waals surface area (Å²) in [5.74, 6) is 0. The monoisotopic (exact) mass is 339 g/mol. The summed E-state index contributed by atoms with van der Waals surface area (Å²) in [5, 5.41) is 7.83. The fraction of sp³-hybridized carbons (Fsp3) is 0.571. The topological polar surface area (TPSA) is 47.7 Å². The molecule has 110 valence electrons. The summed E-state index contributed by atoms with van der Waals surface area (Å²) in [7, 11) is 0. The predicted octanol–water partition coefficient (Wildman–Crippen LogP) is 2.37. The van der Waals surface area contributed by atoms with Gasteiger partial charge in [0.25, 0.3) is 0 Å². The second-order valence-electron chi connectivity index (χ2n) is 4.80. The summed E-state index contributed by atoms with van der Waals surface area (Å²) in [5.41, 5.74) is 3.36. The van der Waals surface area contributed by atoms with Crippen molar-refractivity contribution in [3.8, 4) is 0 Å². The van der Waals surface area contributed by atoms with Gasteiger partial charge in [0.15, 0.2) is 0 Å². The molecular weight excluding hydrogens is 318 g/mol. The smallest absolute Gasteiger partial charge is 0.0953 e. The fourth-order valence-electron chi connectivity index (χ4n) is 2.21. The Morgan fingerprint density at radius 3 is 2.85 bits per heavy atom. The van der Waals surface area contributed by atoms with Crippen LogP contribution < -0.4 is 5.32 Å². The minimum Gasteiger partial charge on any atom is -0.331 e. The summed E-state index contributed by atoms with van der Waals surface area (Å²) in [6.07, 6.45) is 4.98. The van der Waals surface area contributed by atoms with Gasteiger partial charge < -0.3 is 9.88 Å². The molecule has 0 aliphatic heterocycles. The van der Waals surface area contributed by atoms with Crippen molar-refractivity contribution in [2.45, 2.75) is 40.3 Å². The number of halogens is 1. The van der Waals surface area contributed by atoms with Crippen LogP contribution in [0.5, 0.6) is 0 Å². The van der Waals surface area contributed by atoms with Crippen LogP contribution in [0.25, 0.3) is 0 Å². The lowest BCUT2D eigenvalue weighted by molar-refractivity contribution is 0.596. The van der Waals surface area contributed by atoms with Crippen LogP contribution in [0.4, 0.5) is 0 Å². The van der Waals surface area contributed by atoms with Crippen LogP contribution in [-0.2, 0) is 19.5 Å². The Balaban J connectivity index is 2.07. The molecule has 20 heavy (non-hydrogen) atoms. The third-order valence-electron chi connectivity index (χ3n) is 3.28. The van der Waals surface area contributed by atoms with E-state index in [0.717, 1.165) is 48.5 Å². The highest BCUT2D eigenvalue weighted by molar-refractivity contribution is 9.10. The lowest BCUT2D eigenvalue weighted by Crippen LogP contribution is -2.16. The maximum Gasteiger partial charge on any atom is 0.0953 e. The number of hydrogen-bond donors (Lipinski definition) is 1. The molecule has 0 bridgehead atoms. The van der Waals surface area contributed by atoms with E-state index in [1.54, 1.807) is 0 Å². The van der Waals surface area contributed by atoms with Crippen molar-refractivity contribution in [2.75, 3.05) is 13.1 Å². The summed E-state index contributed by atoms with van der Waals surface area (Å²) >= 11 is 3.63. The molecule has 0 aromatic carbocycles. The summed E-state index contributed by atoms with van der Waals surface area (Å²) < 4.78 is 5.26. The van der Waals surface area contributed by atoms with Crippen LogP contribution in [-0.4, -0.2) is 32.4 Å². The Kier molecular flexibility index (Phi) is 5.37. The third kappa shape index (κ3) is 3.49. The second-order valence-corrected chi connectivity index (χ2v) is 5.60. The van der Waals surface area contributed by atoms with Gasteiger partial charge in [-0.1, -0.05) is 6.92 Å². The molecule has 0 aliphatic rings. The normalized spacial score (nSPS) is 11.2. The highest BCUT2D eigenvalue weighted by atomic mass is 79.9. The molecule has 0 saturated carbocycles. The van der Waals surface area contributed by atoms with E-state index < -0.39 is 0 Å². The minimum absolute atomic E-state index is 0.795. The number of hydrogen-bond acceptors (Lipinski definition) is 3. The maximum absolute atomic E-state index is 4.52. The first-order chi connectivity index (χ1) is 9.65. The Labute approximate surface area is 128 Å².